The molecule has 0 fully saturated rings. The quantitative estimate of drug-likeness (QED) is 0.142. The van der Waals surface area contributed by atoms with Gasteiger partial charge < -0.3 is 0 Å². The topological polar surface area (TPSA) is 0 Å². The van der Waals surface area contributed by atoms with E-state index in [0.29, 0.717) is 0 Å². The van der Waals surface area contributed by atoms with Gasteiger partial charge in [0.25, 0.3) is 0 Å². The molecule has 0 radical (unpaired) electrons. The maximum absolute atomic E-state index is 2.39. The van der Waals surface area contributed by atoms with Crippen LogP contribution in [0.2, 0.25) is 0 Å². The lowest BCUT2D eigenvalue weighted by Gasteiger charge is -2.21. The molecule has 0 aromatic heterocycles. The molecule has 0 aliphatic carbocycles. The average molecular weight is 986 g/mol. The Balaban J connectivity index is 0.856. The fraction of sp³-hybridized carbons (Fsp3) is 0. The van der Waals surface area contributed by atoms with Crippen molar-refractivity contribution in [2.45, 2.75) is 117 Å². The van der Waals surface area contributed by atoms with Crippen molar-refractivity contribution in [1.29, 1.82) is 0 Å². The lowest BCUT2D eigenvalue weighted by atomic mass is 10.3. The van der Waals surface area contributed by atoms with Crippen molar-refractivity contribution in [1.82, 2.24) is 0 Å². The number of hydrogen-bond acceptors (Lipinski definition) is 12. The normalized spacial score (nSPS) is 15.2. The van der Waals surface area contributed by atoms with Gasteiger partial charge in [0.2, 0.25) is 0 Å². The Labute approximate surface area is 399 Å². The van der Waals surface area contributed by atoms with Gasteiger partial charge in [0.1, 0.15) is 0 Å². The largest absolute Gasteiger partial charge is 0.0900 e. The van der Waals surface area contributed by atoms with Gasteiger partial charge in [0.15, 0.2) is 0 Å². The molecule has 8 aromatic rings. The highest BCUT2D eigenvalue weighted by molar-refractivity contribution is 8.07. The van der Waals surface area contributed by atoms with Crippen molar-refractivity contribution in [3.63, 3.8) is 0 Å². The lowest BCUT2D eigenvalue weighted by Crippen LogP contribution is -1.92. The molecular weight excluding hydrogens is 961 g/mol. The van der Waals surface area contributed by atoms with Gasteiger partial charge in [0.05, 0.1) is 0 Å². The third kappa shape index (κ3) is 7.52. The highest BCUT2D eigenvalue weighted by atomic mass is 32.2. The molecule has 16 bridgehead atoms. The predicted molar refractivity (Wildman–Crippen MR) is 261 cm³/mol. The molecule has 12 heteroatoms. The van der Waals surface area contributed by atoms with Crippen LogP contribution in [0.25, 0.3) is 0 Å². The van der Waals surface area contributed by atoms with Crippen LogP contribution >= 0.6 is 141 Å². The van der Waals surface area contributed by atoms with E-state index in [0.717, 1.165) is 0 Å². The van der Waals surface area contributed by atoms with Crippen molar-refractivity contribution in [2.24, 2.45) is 0 Å². The van der Waals surface area contributed by atoms with Crippen LogP contribution in [0.1, 0.15) is 0 Å². The van der Waals surface area contributed by atoms with Crippen LogP contribution in [0.4, 0.5) is 0 Å². The van der Waals surface area contributed by atoms with E-state index < -0.39 is 0 Å². The first kappa shape index (κ1) is 38.4. The molecule has 5 heterocycles. The first-order valence-electron chi connectivity index (χ1n) is 18.8. The standard InChI is InChI=1S/C48H24S12/c1-9-33-41-17-25(1)49-26-2-10-35-42(18-26)58-44-20-28(4-12-36(44)54-35)51-30-6-14-38-46(22-30)60-48-24-32(8-16-40(48)56-38)52-31-7-15-39-47(23-31)59-45-21-29(5-13-37(45)55-39)50-27-3-11-34(53-33)43(19-27)57-41/h1-24H. The summed E-state index contributed by atoms with van der Waals surface area (Å²) < 4.78 is 0. The number of rotatable bonds is 0. The third-order valence-corrected chi connectivity index (χ3v) is 24.0. The SMILES string of the molecule is c1cc2c3cc1Sc1ccc4c(c1)Sc1cc(ccc1S4)Sc1ccc4c(c1)Sc1cc(ccc1S4)Sc1ccc4c(c1)Sc1cc(ccc1S4)Sc1ccc(c(c1)S3)S2. The zero-order chi connectivity index (χ0) is 39.3. The van der Waals surface area contributed by atoms with Crippen LogP contribution in [0, 0.1) is 0 Å². The Morgan fingerprint density at radius 3 is 0.417 bits per heavy atom. The Bertz CT molecular complexity index is 2520. The van der Waals surface area contributed by atoms with Gasteiger partial charge >= 0.3 is 0 Å². The Morgan fingerprint density at radius 2 is 0.267 bits per heavy atom. The Hall–Kier alpha value is -2.04. The molecular formula is C48H24S12. The summed E-state index contributed by atoms with van der Waals surface area (Å²) in [5, 5.41) is 0. The molecule has 0 nitrogen and oxygen atoms in total. The van der Waals surface area contributed by atoms with E-state index in [2.05, 4.69) is 146 Å². The number of hydrogen-bond donors (Lipinski definition) is 0. The smallest absolute Gasteiger partial charge is 0.0273 e. The van der Waals surface area contributed by atoms with E-state index in [1.165, 1.54) is 117 Å². The molecule has 13 rings (SSSR count). The molecule has 0 unspecified atom stereocenters. The summed E-state index contributed by atoms with van der Waals surface area (Å²) in [6.07, 6.45) is 0. The first-order valence-corrected chi connectivity index (χ1v) is 28.6. The summed E-state index contributed by atoms with van der Waals surface area (Å²) in [5.41, 5.74) is 0. The van der Waals surface area contributed by atoms with E-state index in [-0.39, 0.29) is 0 Å². The summed E-state index contributed by atoms with van der Waals surface area (Å²) in [5.74, 6) is 0. The maximum atomic E-state index is 2.39. The molecule has 0 saturated heterocycles. The van der Waals surface area contributed by atoms with Crippen LogP contribution in [0.3, 0.4) is 0 Å². The summed E-state index contributed by atoms with van der Waals surface area (Å²) >= 11 is 22.6. The molecule has 5 aliphatic heterocycles. The van der Waals surface area contributed by atoms with E-state index in [1.54, 1.807) is 0 Å². The fourth-order valence-electron chi connectivity index (χ4n) is 7.22. The minimum Gasteiger partial charge on any atom is -0.0900 e. The van der Waals surface area contributed by atoms with Gasteiger partial charge in [-0.05, 0) is 146 Å². The molecule has 0 spiro atoms. The molecule has 0 amide bonds. The molecule has 0 saturated carbocycles. The zero-order valence-corrected chi connectivity index (χ0v) is 40.6. The monoisotopic (exact) mass is 984 g/mol. The predicted octanol–water partition coefficient (Wildman–Crippen LogP) is 19.1. The summed E-state index contributed by atoms with van der Waals surface area (Å²) in [7, 11) is 0. The Kier molecular flexibility index (Phi) is 10.2. The van der Waals surface area contributed by atoms with Gasteiger partial charge in [-0.2, -0.15) is 0 Å². The molecule has 60 heavy (non-hydrogen) atoms. The van der Waals surface area contributed by atoms with E-state index in [4.69, 9.17) is 0 Å². The van der Waals surface area contributed by atoms with Gasteiger partial charge in [-0.15, -0.1) is 0 Å². The second-order valence-corrected chi connectivity index (χ2v) is 27.4. The van der Waals surface area contributed by atoms with Gasteiger partial charge in [-0.25, -0.2) is 0 Å². The highest BCUT2D eigenvalue weighted by Gasteiger charge is 2.24. The van der Waals surface area contributed by atoms with E-state index in [9.17, 15) is 0 Å². The molecule has 0 N–H and O–H groups in total. The summed E-state index contributed by atoms with van der Waals surface area (Å²) in [4.78, 5) is 31.5. The number of benzene rings is 8. The van der Waals surface area contributed by atoms with E-state index >= 15 is 0 Å². The van der Waals surface area contributed by atoms with Crippen LogP contribution < -0.4 is 0 Å². The minimum atomic E-state index is 1.27. The van der Waals surface area contributed by atoms with Gasteiger partial charge in [-0.3, -0.25) is 0 Å². The summed E-state index contributed by atoms with van der Waals surface area (Å²) in [6, 6.07) is 55.9. The molecule has 8 aromatic carbocycles. The second-order valence-electron chi connectivity index (χ2n) is 14.1. The third-order valence-electron chi connectivity index (χ3n) is 10.0. The van der Waals surface area contributed by atoms with Crippen LogP contribution in [-0.4, -0.2) is 0 Å². The van der Waals surface area contributed by atoms with Crippen molar-refractivity contribution in [3.8, 4) is 0 Å². The minimum absolute atomic E-state index is 1.27. The zero-order valence-electron chi connectivity index (χ0n) is 30.8. The Morgan fingerprint density at radius 1 is 0.133 bits per heavy atom. The average Bonchev–Trinajstić information content (AvgIpc) is 3.26. The first-order chi connectivity index (χ1) is 29.5. The van der Waals surface area contributed by atoms with Gasteiger partial charge in [-0.1, -0.05) is 141 Å². The lowest BCUT2D eigenvalue weighted by molar-refractivity contribution is 1.09. The molecule has 5 aliphatic rings. The van der Waals surface area contributed by atoms with Gasteiger partial charge in [0, 0.05) is 117 Å². The second kappa shape index (κ2) is 15.9. The summed E-state index contributed by atoms with van der Waals surface area (Å²) in [6.45, 7) is 0. The van der Waals surface area contributed by atoms with Crippen LogP contribution in [-0.2, 0) is 0 Å². The molecule has 288 valence electrons. The van der Waals surface area contributed by atoms with Crippen molar-refractivity contribution >= 4 is 141 Å². The highest BCUT2D eigenvalue weighted by Crippen LogP contribution is 2.56. The maximum Gasteiger partial charge on any atom is 0.0273 e. The van der Waals surface area contributed by atoms with Crippen molar-refractivity contribution < 1.29 is 0 Å². The van der Waals surface area contributed by atoms with Crippen molar-refractivity contribution in [3.05, 3.63) is 146 Å². The van der Waals surface area contributed by atoms with Crippen LogP contribution in [0.15, 0.2) is 263 Å². The molecule has 0 atom stereocenters. The van der Waals surface area contributed by atoms with Crippen molar-refractivity contribution in [2.75, 3.05) is 0 Å². The number of fused-ring (bicyclic) bond motifs is 8. The fourth-order valence-corrected chi connectivity index (χ4v) is 20.5. The van der Waals surface area contributed by atoms with Crippen LogP contribution in [0.5, 0.6) is 0 Å². The van der Waals surface area contributed by atoms with E-state index in [1.807, 2.05) is 141 Å².